The number of carbonyl (C=O) groups is 1. The number of thioether (sulfide) groups is 1. The van der Waals surface area contributed by atoms with Crippen molar-refractivity contribution >= 4 is 67.1 Å². The molecule has 0 radical (unpaired) electrons. The van der Waals surface area contributed by atoms with Crippen molar-refractivity contribution in [2.45, 2.75) is 6.54 Å². The second kappa shape index (κ2) is 8.11. The lowest BCUT2D eigenvalue weighted by atomic mass is 10.1. The highest BCUT2D eigenvalue weighted by atomic mass is 79.9. The predicted molar refractivity (Wildman–Crippen MR) is 123 cm³/mol. The van der Waals surface area contributed by atoms with Crippen molar-refractivity contribution in [3.63, 3.8) is 0 Å². The number of hydrogen-bond donors (Lipinski definition) is 0. The fraction of sp³-hybridized carbons (Fsp3) is 0.143. The third kappa shape index (κ3) is 3.87. The largest absolute Gasteiger partial charge is 0.492 e. The van der Waals surface area contributed by atoms with E-state index in [0.717, 1.165) is 26.7 Å². The van der Waals surface area contributed by atoms with Gasteiger partial charge in [-0.05, 0) is 36.4 Å². The van der Waals surface area contributed by atoms with E-state index < -0.39 is 0 Å². The average Bonchev–Trinajstić information content (AvgIpc) is 3.16. The maximum Gasteiger partial charge on any atom is 0.265 e. The van der Waals surface area contributed by atoms with Crippen molar-refractivity contribution in [3.05, 3.63) is 69.7 Å². The van der Waals surface area contributed by atoms with Crippen LogP contribution in [0.5, 0.6) is 5.75 Å². The molecule has 3 aromatic rings. The summed E-state index contributed by atoms with van der Waals surface area (Å²) in [5.41, 5.74) is 2.12. The van der Waals surface area contributed by atoms with Crippen LogP contribution in [0, 0.1) is 0 Å². The van der Waals surface area contributed by atoms with Crippen molar-refractivity contribution in [1.29, 1.82) is 0 Å². The van der Waals surface area contributed by atoms with Gasteiger partial charge in [0.05, 0.1) is 11.4 Å². The summed E-state index contributed by atoms with van der Waals surface area (Å²) in [5.74, 6) is 0.789. The van der Waals surface area contributed by atoms with Crippen LogP contribution >= 0.6 is 39.9 Å². The number of nitrogens with zero attached hydrogens (tertiary/aromatic N) is 2. The lowest BCUT2D eigenvalue weighted by Gasteiger charge is -2.08. The van der Waals surface area contributed by atoms with Crippen LogP contribution < -0.4 is 4.74 Å². The first-order chi connectivity index (χ1) is 13.5. The molecule has 28 heavy (non-hydrogen) atoms. The number of carbonyl (C=O) groups excluding carboxylic acids is 1. The number of thiocarbonyl (C=S) groups is 1. The van der Waals surface area contributed by atoms with Gasteiger partial charge >= 0.3 is 0 Å². The number of fused-ring (bicyclic) bond motifs is 1. The molecule has 0 bridgehead atoms. The molecule has 142 valence electrons. The van der Waals surface area contributed by atoms with Gasteiger partial charge in [0.15, 0.2) is 0 Å². The highest BCUT2D eigenvalue weighted by Crippen LogP contribution is 2.33. The zero-order valence-electron chi connectivity index (χ0n) is 15.1. The van der Waals surface area contributed by atoms with Gasteiger partial charge in [0.2, 0.25) is 0 Å². The summed E-state index contributed by atoms with van der Waals surface area (Å²) < 4.78 is 9.63. The molecule has 1 aliphatic heterocycles. The van der Waals surface area contributed by atoms with Crippen molar-refractivity contribution in [2.24, 2.45) is 0 Å². The Morgan fingerprint density at radius 1 is 1.18 bits per heavy atom. The summed E-state index contributed by atoms with van der Waals surface area (Å²) in [4.78, 5) is 14.5. The third-order valence-corrected chi connectivity index (χ3v) is 6.52. The molecule has 1 saturated heterocycles. The number of ether oxygens (including phenoxy) is 1. The Kier molecular flexibility index (Phi) is 5.57. The molecule has 0 spiro atoms. The molecule has 0 atom stereocenters. The van der Waals surface area contributed by atoms with Gasteiger partial charge in [-0.3, -0.25) is 9.69 Å². The van der Waals surface area contributed by atoms with Crippen LogP contribution in [0.1, 0.15) is 5.56 Å². The Balaban J connectivity index is 1.57. The summed E-state index contributed by atoms with van der Waals surface area (Å²) in [6, 6.07) is 16.0. The first-order valence-corrected chi connectivity index (χ1v) is 10.7. The smallest absolute Gasteiger partial charge is 0.265 e. The van der Waals surface area contributed by atoms with Crippen LogP contribution in [-0.4, -0.2) is 33.3 Å². The number of para-hydroxylation sites is 1. The number of likely N-dealkylation sites (N-methyl/N-ethyl adjacent to an activating group) is 1. The molecule has 2 heterocycles. The lowest BCUT2D eigenvalue weighted by Crippen LogP contribution is -2.22. The van der Waals surface area contributed by atoms with Crippen LogP contribution in [0.4, 0.5) is 0 Å². The Bertz CT molecular complexity index is 1090. The molecular weight excluding hydrogens is 456 g/mol. The van der Waals surface area contributed by atoms with Crippen molar-refractivity contribution < 1.29 is 9.53 Å². The molecular formula is C21H17BrN2O2S2. The molecule has 1 aliphatic rings. The quantitative estimate of drug-likeness (QED) is 0.372. The summed E-state index contributed by atoms with van der Waals surface area (Å²) in [5, 5.41) is 1.10. The van der Waals surface area contributed by atoms with Gasteiger partial charge in [-0.2, -0.15) is 0 Å². The standard InChI is InChI=1S/C21H17BrN2O2S2/c1-23-20(25)19(28-21(23)27)12-14-13-24(18-5-3-2-4-17(14)18)10-11-26-16-8-6-15(22)7-9-16/h2-9,12-13H,10-11H2,1H3/b19-12-. The predicted octanol–water partition coefficient (Wildman–Crippen LogP) is 5.31. The SMILES string of the molecule is CN1C(=O)/C(=C/c2cn(CCOc3ccc(Br)cc3)c3ccccc23)SC1=S. The minimum atomic E-state index is -0.0506. The zero-order chi connectivity index (χ0) is 19.7. The summed E-state index contributed by atoms with van der Waals surface area (Å²) in [6.45, 7) is 1.26. The van der Waals surface area contributed by atoms with Crippen molar-refractivity contribution in [1.82, 2.24) is 9.47 Å². The fourth-order valence-corrected chi connectivity index (χ4v) is 4.49. The number of rotatable bonds is 5. The molecule has 7 heteroatoms. The maximum absolute atomic E-state index is 12.3. The van der Waals surface area contributed by atoms with Crippen LogP contribution in [-0.2, 0) is 11.3 Å². The van der Waals surface area contributed by atoms with Gasteiger partial charge in [0, 0.05) is 34.2 Å². The highest BCUT2D eigenvalue weighted by molar-refractivity contribution is 9.10. The molecule has 1 amide bonds. The second-order valence-electron chi connectivity index (χ2n) is 6.34. The van der Waals surface area contributed by atoms with E-state index in [9.17, 15) is 4.79 Å². The lowest BCUT2D eigenvalue weighted by molar-refractivity contribution is -0.121. The van der Waals surface area contributed by atoms with Gasteiger partial charge in [0.25, 0.3) is 5.91 Å². The molecule has 4 nitrogen and oxygen atoms in total. The summed E-state index contributed by atoms with van der Waals surface area (Å²) in [7, 11) is 1.71. The van der Waals surface area contributed by atoms with Crippen molar-refractivity contribution in [2.75, 3.05) is 13.7 Å². The molecule has 0 N–H and O–H groups in total. The van der Waals surface area contributed by atoms with E-state index in [4.69, 9.17) is 17.0 Å². The molecule has 0 aliphatic carbocycles. The second-order valence-corrected chi connectivity index (χ2v) is 8.93. The summed E-state index contributed by atoms with van der Waals surface area (Å²) >= 11 is 10.00. The van der Waals surface area contributed by atoms with E-state index in [2.05, 4.69) is 38.8 Å². The van der Waals surface area contributed by atoms with E-state index in [1.165, 1.54) is 16.7 Å². The van der Waals surface area contributed by atoms with E-state index in [-0.39, 0.29) is 5.91 Å². The Hall–Kier alpha value is -2.09. The normalized spacial score (nSPS) is 15.8. The zero-order valence-corrected chi connectivity index (χ0v) is 18.3. The number of benzene rings is 2. The molecule has 4 rings (SSSR count). The molecule has 1 aromatic heterocycles. The van der Waals surface area contributed by atoms with Crippen LogP contribution in [0.3, 0.4) is 0 Å². The number of halogens is 1. The Labute approximate surface area is 181 Å². The number of hydrogen-bond acceptors (Lipinski definition) is 4. The minimum Gasteiger partial charge on any atom is -0.492 e. The first kappa shape index (κ1) is 19.2. The number of aromatic nitrogens is 1. The van der Waals surface area contributed by atoms with E-state index in [1.54, 1.807) is 7.05 Å². The van der Waals surface area contributed by atoms with E-state index in [0.29, 0.717) is 22.4 Å². The minimum absolute atomic E-state index is 0.0506. The first-order valence-electron chi connectivity index (χ1n) is 8.71. The van der Waals surface area contributed by atoms with Gasteiger partial charge in [-0.25, -0.2) is 0 Å². The van der Waals surface area contributed by atoms with Gasteiger partial charge in [-0.1, -0.05) is 58.1 Å². The van der Waals surface area contributed by atoms with Gasteiger partial charge in [0.1, 0.15) is 16.7 Å². The van der Waals surface area contributed by atoms with Crippen LogP contribution in [0.15, 0.2) is 64.1 Å². The highest BCUT2D eigenvalue weighted by Gasteiger charge is 2.29. The monoisotopic (exact) mass is 472 g/mol. The molecule has 0 saturated carbocycles. The Morgan fingerprint density at radius 2 is 1.93 bits per heavy atom. The van der Waals surface area contributed by atoms with E-state index in [1.807, 2.05) is 42.5 Å². The fourth-order valence-electron chi connectivity index (χ4n) is 3.05. The third-order valence-electron chi connectivity index (χ3n) is 4.51. The van der Waals surface area contributed by atoms with Crippen molar-refractivity contribution in [3.8, 4) is 5.75 Å². The Morgan fingerprint density at radius 3 is 2.64 bits per heavy atom. The van der Waals surface area contributed by atoms with Crippen LogP contribution in [0.25, 0.3) is 17.0 Å². The number of amides is 1. The van der Waals surface area contributed by atoms with Gasteiger partial charge in [-0.15, -0.1) is 0 Å². The topological polar surface area (TPSA) is 34.5 Å². The molecule has 0 unspecified atom stereocenters. The maximum atomic E-state index is 12.3. The van der Waals surface area contributed by atoms with Gasteiger partial charge < -0.3 is 9.30 Å². The summed E-state index contributed by atoms with van der Waals surface area (Å²) in [6.07, 6.45) is 4.00. The van der Waals surface area contributed by atoms with E-state index >= 15 is 0 Å². The molecule has 1 fully saturated rings. The average molecular weight is 473 g/mol. The van der Waals surface area contributed by atoms with Crippen LogP contribution in [0.2, 0.25) is 0 Å². The molecule has 2 aromatic carbocycles.